The lowest BCUT2D eigenvalue weighted by Gasteiger charge is -2.00. The molecular weight excluding hydrogens is 275 g/mol. The van der Waals surface area contributed by atoms with E-state index in [2.05, 4.69) is 15.1 Å². The molecule has 1 aromatic carbocycles. The highest BCUT2D eigenvalue weighted by Crippen LogP contribution is 2.20. The SMILES string of the molecule is CSc1nccc(-c2cnn(-c3ccc(F)cc3)c2)n1. The fourth-order valence-electron chi connectivity index (χ4n) is 1.79. The van der Waals surface area contributed by atoms with Crippen molar-refractivity contribution in [2.75, 3.05) is 6.26 Å². The molecule has 0 unspecified atom stereocenters. The Morgan fingerprint density at radius 3 is 2.70 bits per heavy atom. The lowest BCUT2D eigenvalue weighted by molar-refractivity contribution is 0.627. The standard InChI is InChI=1S/C14H11FN4S/c1-20-14-16-7-6-13(18-14)10-8-17-19(9-10)12-4-2-11(15)3-5-12/h2-9H,1H3. The summed E-state index contributed by atoms with van der Waals surface area (Å²) in [5.74, 6) is -0.262. The Labute approximate surface area is 119 Å². The molecule has 0 amide bonds. The van der Waals surface area contributed by atoms with Crippen molar-refractivity contribution in [3.63, 3.8) is 0 Å². The van der Waals surface area contributed by atoms with Crippen molar-refractivity contribution < 1.29 is 4.39 Å². The van der Waals surface area contributed by atoms with E-state index in [1.54, 1.807) is 29.2 Å². The van der Waals surface area contributed by atoms with Gasteiger partial charge in [0.05, 0.1) is 17.6 Å². The van der Waals surface area contributed by atoms with E-state index in [0.29, 0.717) is 0 Å². The number of hydrogen-bond donors (Lipinski definition) is 0. The maximum atomic E-state index is 12.9. The minimum atomic E-state index is -0.262. The molecule has 0 saturated carbocycles. The Balaban J connectivity index is 1.95. The van der Waals surface area contributed by atoms with Crippen LogP contribution < -0.4 is 0 Å². The average molecular weight is 286 g/mol. The summed E-state index contributed by atoms with van der Waals surface area (Å²) in [5, 5.41) is 4.99. The van der Waals surface area contributed by atoms with Crippen LogP contribution in [-0.2, 0) is 0 Å². The fraction of sp³-hybridized carbons (Fsp3) is 0.0714. The second-order valence-electron chi connectivity index (χ2n) is 4.08. The molecule has 0 saturated heterocycles. The van der Waals surface area contributed by atoms with Crippen LogP contribution in [0.15, 0.2) is 54.1 Å². The molecule has 4 nitrogen and oxygen atoms in total. The number of halogens is 1. The zero-order valence-electron chi connectivity index (χ0n) is 10.7. The second-order valence-corrected chi connectivity index (χ2v) is 4.85. The first-order chi connectivity index (χ1) is 9.76. The Morgan fingerprint density at radius 2 is 1.95 bits per heavy atom. The van der Waals surface area contributed by atoms with Crippen molar-refractivity contribution >= 4 is 11.8 Å². The van der Waals surface area contributed by atoms with Gasteiger partial charge in [0.25, 0.3) is 0 Å². The van der Waals surface area contributed by atoms with Crippen molar-refractivity contribution in [3.05, 3.63) is 54.7 Å². The van der Waals surface area contributed by atoms with Crippen molar-refractivity contribution in [2.45, 2.75) is 5.16 Å². The summed E-state index contributed by atoms with van der Waals surface area (Å²) in [5.41, 5.74) is 2.52. The Morgan fingerprint density at radius 1 is 1.15 bits per heavy atom. The van der Waals surface area contributed by atoms with Crippen LogP contribution in [0.1, 0.15) is 0 Å². The summed E-state index contributed by atoms with van der Waals surface area (Å²) >= 11 is 1.49. The van der Waals surface area contributed by atoms with Gasteiger partial charge in [-0.2, -0.15) is 5.10 Å². The summed E-state index contributed by atoms with van der Waals surface area (Å²) in [6.07, 6.45) is 7.25. The molecule has 0 aliphatic heterocycles. The zero-order chi connectivity index (χ0) is 13.9. The Hall–Kier alpha value is -2.21. The zero-order valence-corrected chi connectivity index (χ0v) is 11.5. The lowest BCUT2D eigenvalue weighted by Crippen LogP contribution is -1.93. The van der Waals surface area contributed by atoms with E-state index >= 15 is 0 Å². The van der Waals surface area contributed by atoms with Crippen LogP contribution in [0.25, 0.3) is 16.9 Å². The van der Waals surface area contributed by atoms with Gasteiger partial charge in [-0.1, -0.05) is 11.8 Å². The molecule has 0 aliphatic carbocycles. The van der Waals surface area contributed by atoms with E-state index in [4.69, 9.17) is 0 Å². The summed E-state index contributed by atoms with van der Waals surface area (Å²) in [6, 6.07) is 8.02. The summed E-state index contributed by atoms with van der Waals surface area (Å²) < 4.78 is 14.6. The fourth-order valence-corrected chi connectivity index (χ4v) is 2.15. The molecule has 0 atom stereocenters. The van der Waals surface area contributed by atoms with E-state index in [9.17, 15) is 4.39 Å². The van der Waals surface area contributed by atoms with Gasteiger partial charge in [0.1, 0.15) is 5.82 Å². The van der Waals surface area contributed by atoms with Crippen LogP contribution in [0.5, 0.6) is 0 Å². The third kappa shape index (κ3) is 2.55. The third-order valence-corrected chi connectivity index (χ3v) is 3.35. The normalized spacial score (nSPS) is 10.7. The molecule has 3 aromatic rings. The van der Waals surface area contributed by atoms with Crippen molar-refractivity contribution in [2.24, 2.45) is 0 Å². The van der Waals surface area contributed by atoms with Crippen molar-refractivity contribution in [3.8, 4) is 16.9 Å². The number of aromatic nitrogens is 4. The molecule has 0 N–H and O–H groups in total. The first kappa shape index (κ1) is 12.8. The van der Waals surface area contributed by atoms with E-state index < -0.39 is 0 Å². The molecule has 0 spiro atoms. The number of rotatable bonds is 3. The molecule has 0 fully saturated rings. The monoisotopic (exact) mass is 286 g/mol. The average Bonchev–Trinajstić information content (AvgIpc) is 2.98. The second kappa shape index (κ2) is 5.42. The minimum absolute atomic E-state index is 0.262. The predicted octanol–water partition coefficient (Wildman–Crippen LogP) is 3.19. The molecule has 100 valence electrons. The number of hydrogen-bond acceptors (Lipinski definition) is 4. The predicted molar refractivity (Wildman–Crippen MR) is 76.3 cm³/mol. The van der Waals surface area contributed by atoms with Crippen molar-refractivity contribution in [1.29, 1.82) is 0 Å². The molecule has 0 aliphatic rings. The first-order valence-corrected chi connectivity index (χ1v) is 7.17. The summed E-state index contributed by atoms with van der Waals surface area (Å²) in [7, 11) is 0. The number of thioether (sulfide) groups is 1. The molecule has 20 heavy (non-hydrogen) atoms. The smallest absolute Gasteiger partial charge is 0.187 e. The largest absolute Gasteiger partial charge is 0.240 e. The molecule has 0 radical (unpaired) electrons. The summed E-state index contributed by atoms with van der Waals surface area (Å²) in [4.78, 5) is 8.56. The topological polar surface area (TPSA) is 43.6 Å². The van der Waals surface area contributed by atoms with Gasteiger partial charge in [-0.15, -0.1) is 0 Å². The summed E-state index contributed by atoms with van der Waals surface area (Å²) in [6.45, 7) is 0. The van der Waals surface area contributed by atoms with Crippen LogP contribution in [0.2, 0.25) is 0 Å². The maximum absolute atomic E-state index is 12.9. The maximum Gasteiger partial charge on any atom is 0.187 e. The Bertz CT molecular complexity index is 724. The highest BCUT2D eigenvalue weighted by atomic mass is 32.2. The van der Waals surface area contributed by atoms with E-state index in [-0.39, 0.29) is 5.82 Å². The first-order valence-electron chi connectivity index (χ1n) is 5.94. The van der Waals surface area contributed by atoms with Crippen LogP contribution in [-0.4, -0.2) is 26.0 Å². The molecule has 3 rings (SSSR count). The molecule has 2 aromatic heterocycles. The van der Waals surface area contributed by atoms with Crippen molar-refractivity contribution in [1.82, 2.24) is 19.7 Å². The molecule has 2 heterocycles. The van der Waals surface area contributed by atoms with Crippen LogP contribution >= 0.6 is 11.8 Å². The van der Waals surface area contributed by atoms with Crippen LogP contribution in [0.3, 0.4) is 0 Å². The van der Waals surface area contributed by atoms with E-state index in [0.717, 1.165) is 22.1 Å². The van der Waals surface area contributed by atoms with Gasteiger partial charge in [-0.25, -0.2) is 19.0 Å². The highest BCUT2D eigenvalue weighted by molar-refractivity contribution is 7.98. The van der Waals surface area contributed by atoms with E-state index in [1.165, 1.54) is 23.9 Å². The Kier molecular flexibility index (Phi) is 3.47. The van der Waals surface area contributed by atoms with Gasteiger partial charge >= 0.3 is 0 Å². The molecular formula is C14H11FN4S. The van der Waals surface area contributed by atoms with E-state index in [1.807, 2.05) is 18.5 Å². The minimum Gasteiger partial charge on any atom is -0.240 e. The lowest BCUT2D eigenvalue weighted by atomic mass is 10.2. The third-order valence-electron chi connectivity index (χ3n) is 2.79. The number of nitrogens with zero attached hydrogens (tertiary/aromatic N) is 4. The van der Waals surface area contributed by atoms with Gasteiger partial charge in [0.2, 0.25) is 0 Å². The van der Waals surface area contributed by atoms with Crippen LogP contribution in [0.4, 0.5) is 4.39 Å². The van der Waals surface area contributed by atoms with Gasteiger partial charge < -0.3 is 0 Å². The van der Waals surface area contributed by atoms with Gasteiger partial charge in [-0.3, -0.25) is 0 Å². The highest BCUT2D eigenvalue weighted by Gasteiger charge is 2.06. The molecule has 0 bridgehead atoms. The van der Waals surface area contributed by atoms with Gasteiger partial charge in [-0.05, 0) is 36.6 Å². The number of benzene rings is 1. The quantitative estimate of drug-likeness (QED) is 0.548. The van der Waals surface area contributed by atoms with Crippen LogP contribution in [0, 0.1) is 5.82 Å². The van der Waals surface area contributed by atoms with Gasteiger partial charge in [0, 0.05) is 18.0 Å². The molecule has 6 heteroatoms. The van der Waals surface area contributed by atoms with Gasteiger partial charge in [0.15, 0.2) is 5.16 Å².